The van der Waals surface area contributed by atoms with Crippen molar-refractivity contribution in [2.45, 2.75) is 20.3 Å². The summed E-state index contributed by atoms with van der Waals surface area (Å²) in [5.41, 5.74) is 3.56. The molecule has 1 aromatic carbocycles. The molecule has 6 nitrogen and oxygen atoms in total. The average molecular weight is 323 g/mol. The van der Waals surface area contributed by atoms with E-state index in [1.54, 1.807) is 18.7 Å². The Morgan fingerprint density at radius 3 is 2.88 bits per heavy atom. The average Bonchev–Trinajstić information content (AvgIpc) is 3.18. The first-order chi connectivity index (χ1) is 11.6. The van der Waals surface area contributed by atoms with Crippen LogP contribution < -0.4 is 10.2 Å². The van der Waals surface area contributed by atoms with E-state index in [0.717, 1.165) is 23.2 Å². The molecule has 0 bridgehead atoms. The van der Waals surface area contributed by atoms with Crippen LogP contribution in [0.2, 0.25) is 0 Å². The summed E-state index contributed by atoms with van der Waals surface area (Å²) in [6.45, 7) is 4.47. The van der Waals surface area contributed by atoms with Gasteiger partial charge in [0, 0.05) is 31.3 Å². The molecule has 0 radical (unpaired) electrons. The standard InChI is InChI=1S/C18H17N3O3/c1-3-20-18(23)17-14(9-19)15(10-24-17)12-4-5-16-13(8-12)6-7-21(16)11(2)22/h4-5,8,10H,3,6-7H2,1-2H3,(H,20,23). The topological polar surface area (TPSA) is 86.3 Å². The van der Waals surface area contributed by atoms with Crippen LogP contribution in [0.15, 0.2) is 28.9 Å². The lowest BCUT2D eigenvalue weighted by atomic mass is 10.00. The minimum atomic E-state index is -0.399. The quantitative estimate of drug-likeness (QED) is 0.940. The Balaban J connectivity index is 2.01. The Morgan fingerprint density at radius 1 is 1.42 bits per heavy atom. The molecule has 0 unspecified atom stereocenters. The summed E-state index contributed by atoms with van der Waals surface area (Å²) in [6, 6.07) is 7.72. The first-order valence-corrected chi connectivity index (χ1v) is 7.78. The second-order valence-electron chi connectivity index (χ2n) is 5.59. The van der Waals surface area contributed by atoms with Crippen molar-refractivity contribution in [2.24, 2.45) is 0 Å². The van der Waals surface area contributed by atoms with Gasteiger partial charge in [-0.2, -0.15) is 5.26 Å². The highest BCUT2D eigenvalue weighted by molar-refractivity contribution is 5.97. The zero-order valence-electron chi connectivity index (χ0n) is 13.5. The maximum absolute atomic E-state index is 12.0. The van der Waals surface area contributed by atoms with Crippen molar-refractivity contribution < 1.29 is 14.0 Å². The van der Waals surface area contributed by atoms with Gasteiger partial charge in [0.05, 0.1) is 0 Å². The molecule has 1 aromatic heterocycles. The summed E-state index contributed by atoms with van der Waals surface area (Å²) in [5.74, 6) is -0.356. The van der Waals surface area contributed by atoms with E-state index in [4.69, 9.17) is 4.42 Å². The molecule has 6 heteroatoms. The van der Waals surface area contributed by atoms with Crippen LogP contribution in [0.25, 0.3) is 11.1 Å². The molecule has 0 saturated heterocycles. The number of hydrogen-bond donors (Lipinski definition) is 1. The maximum Gasteiger partial charge on any atom is 0.288 e. The molecule has 1 N–H and O–H groups in total. The van der Waals surface area contributed by atoms with Crippen molar-refractivity contribution in [1.29, 1.82) is 5.26 Å². The summed E-state index contributed by atoms with van der Waals surface area (Å²) >= 11 is 0. The molecule has 0 saturated carbocycles. The lowest BCUT2D eigenvalue weighted by molar-refractivity contribution is -0.116. The number of carbonyl (C=O) groups excluding carboxylic acids is 2. The normalized spacial score (nSPS) is 12.6. The lowest BCUT2D eigenvalue weighted by Gasteiger charge is -2.14. The van der Waals surface area contributed by atoms with Crippen LogP contribution in [-0.2, 0) is 11.2 Å². The Hall–Kier alpha value is -3.07. The molecule has 122 valence electrons. The van der Waals surface area contributed by atoms with E-state index in [0.29, 0.717) is 18.7 Å². The number of carbonyl (C=O) groups is 2. The first kappa shape index (κ1) is 15.8. The van der Waals surface area contributed by atoms with Crippen molar-refractivity contribution in [2.75, 3.05) is 18.0 Å². The van der Waals surface area contributed by atoms with Crippen LogP contribution in [0.5, 0.6) is 0 Å². The zero-order valence-corrected chi connectivity index (χ0v) is 13.5. The van der Waals surface area contributed by atoms with Gasteiger partial charge in [-0.1, -0.05) is 6.07 Å². The lowest BCUT2D eigenvalue weighted by Crippen LogP contribution is -2.25. The van der Waals surface area contributed by atoms with Gasteiger partial charge in [0.2, 0.25) is 11.7 Å². The number of benzene rings is 1. The van der Waals surface area contributed by atoms with Gasteiger partial charge >= 0.3 is 0 Å². The molecule has 0 atom stereocenters. The van der Waals surface area contributed by atoms with E-state index >= 15 is 0 Å². The highest BCUT2D eigenvalue weighted by Gasteiger charge is 2.25. The molecule has 3 rings (SSSR count). The number of nitrogens with one attached hydrogen (secondary N) is 1. The third kappa shape index (κ3) is 2.54. The van der Waals surface area contributed by atoms with Crippen LogP contribution in [-0.4, -0.2) is 24.9 Å². The van der Waals surface area contributed by atoms with Gasteiger partial charge in [0.25, 0.3) is 5.91 Å². The second kappa shape index (κ2) is 6.20. The van der Waals surface area contributed by atoms with Gasteiger partial charge in [-0.15, -0.1) is 0 Å². The fourth-order valence-electron chi connectivity index (χ4n) is 2.99. The van der Waals surface area contributed by atoms with Crippen molar-refractivity contribution >= 4 is 17.5 Å². The Labute approximate surface area is 139 Å². The second-order valence-corrected chi connectivity index (χ2v) is 5.59. The van der Waals surface area contributed by atoms with Gasteiger partial charge in [-0.05, 0) is 36.6 Å². The molecular formula is C18H17N3O3. The van der Waals surface area contributed by atoms with Gasteiger partial charge in [0.15, 0.2) is 0 Å². The molecule has 2 heterocycles. The predicted molar refractivity (Wildman–Crippen MR) is 88.6 cm³/mol. The molecule has 1 aliphatic heterocycles. The number of amides is 2. The fourth-order valence-corrected chi connectivity index (χ4v) is 2.99. The number of furan rings is 1. The van der Waals surface area contributed by atoms with Crippen LogP contribution >= 0.6 is 0 Å². The van der Waals surface area contributed by atoms with Gasteiger partial charge in [0.1, 0.15) is 17.9 Å². The van der Waals surface area contributed by atoms with E-state index < -0.39 is 5.91 Å². The molecule has 24 heavy (non-hydrogen) atoms. The zero-order chi connectivity index (χ0) is 17.3. The van der Waals surface area contributed by atoms with Gasteiger partial charge in [-0.25, -0.2) is 0 Å². The van der Waals surface area contributed by atoms with E-state index in [1.165, 1.54) is 6.26 Å². The van der Waals surface area contributed by atoms with Crippen LogP contribution in [0.1, 0.15) is 35.5 Å². The Morgan fingerprint density at radius 2 is 2.21 bits per heavy atom. The number of anilines is 1. The van der Waals surface area contributed by atoms with Crippen molar-refractivity contribution in [3.8, 4) is 17.2 Å². The van der Waals surface area contributed by atoms with Crippen molar-refractivity contribution in [3.63, 3.8) is 0 Å². The number of hydrogen-bond acceptors (Lipinski definition) is 4. The van der Waals surface area contributed by atoms with Gasteiger partial charge in [-0.3, -0.25) is 9.59 Å². The monoisotopic (exact) mass is 323 g/mol. The Bertz CT molecular complexity index is 861. The van der Waals surface area contributed by atoms with Crippen molar-refractivity contribution in [3.05, 3.63) is 41.3 Å². The molecule has 2 aromatic rings. The Kier molecular flexibility index (Phi) is 4.09. The fraction of sp³-hybridized carbons (Fsp3) is 0.278. The van der Waals surface area contributed by atoms with E-state index in [9.17, 15) is 14.9 Å². The molecular weight excluding hydrogens is 306 g/mol. The SMILES string of the molecule is CCNC(=O)c1occ(-c2ccc3c(c2)CCN3C(C)=O)c1C#N. The number of nitriles is 1. The summed E-state index contributed by atoms with van der Waals surface area (Å²) in [7, 11) is 0. The number of fused-ring (bicyclic) bond motifs is 1. The summed E-state index contributed by atoms with van der Waals surface area (Å²) in [6.07, 6.45) is 2.20. The molecule has 0 fully saturated rings. The molecule has 0 aliphatic carbocycles. The first-order valence-electron chi connectivity index (χ1n) is 7.78. The summed E-state index contributed by atoms with van der Waals surface area (Å²) in [4.78, 5) is 25.3. The van der Waals surface area contributed by atoms with Crippen LogP contribution in [0.4, 0.5) is 5.69 Å². The van der Waals surface area contributed by atoms with Crippen LogP contribution in [0.3, 0.4) is 0 Å². The highest BCUT2D eigenvalue weighted by Crippen LogP contribution is 2.34. The molecule has 2 amide bonds. The van der Waals surface area contributed by atoms with E-state index in [-0.39, 0.29) is 17.2 Å². The minimum absolute atomic E-state index is 0.0149. The van der Waals surface area contributed by atoms with Gasteiger partial charge < -0.3 is 14.6 Å². The summed E-state index contributed by atoms with van der Waals surface area (Å²) in [5, 5.41) is 12.1. The van der Waals surface area contributed by atoms with E-state index in [2.05, 4.69) is 11.4 Å². The smallest absolute Gasteiger partial charge is 0.288 e. The highest BCUT2D eigenvalue weighted by atomic mass is 16.3. The number of nitrogens with zero attached hydrogens (tertiary/aromatic N) is 2. The predicted octanol–water partition coefficient (Wildman–Crippen LogP) is 2.48. The maximum atomic E-state index is 12.0. The number of rotatable bonds is 3. The third-order valence-corrected chi connectivity index (χ3v) is 4.11. The van der Waals surface area contributed by atoms with E-state index in [1.807, 2.05) is 18.2 Å². The third-order valence-electron chi connectivity index (χ3n) is 4.11. The largest absolute Gasteiger partial charge is 0.457 e. The van der Waals surface area contributed by atoms with Crippen LogP contribution in [0, 0.1) is 11.3 Å². The van der Waals surface area contributed by atoms with Crippen molar-refractivity contribution in [1.82, 2.24) is 5.32 Å². The summed E-state index contributed by atoms with van der Waals surface area (Å²) < 4.78 is 5.34. The molecule has 0 spiro atoms. The molecule has 1 aliphatic rings. The minimum Gasteiger partial charge on any atom is -0.457 e.